The molecular formula is C13H19NO2. The number of phenolic OH excluding ortho intramolecular Hbond substituents is 1. The monoisotopic (exact) mass is 221 g/mol. The lowest BCUT2D eigenvalue weighted by atomic mass is 10.1. The predicted molar refractivity (Wildman–Crippen MR) is 64.1 cm³/mol. The van der Waals surface area contributed by atoms with Crippen LogP contribution in [0.2, 0.25) is 0 Å². The second-order valence-corrected chi connectivity index (χ2v) is 4.32. The van der Waals surface area contributed by atoms with Crippen molar-refractivity contribution < 1.29 is 9.84 Å². The van der Waals surface area contributed by atoms with Crippen molar-refractivity contribution >= 4 is 0 Å². The van der Waals surface area contributed by atoms with E-state index in [0.717, 1.165) is 12.5 Å². The number of phenols is 1. The number of hydrogen-bond acceptors (Lipinski definition) is 3. The van der Waals surface area contributed by atoms with Crippen molar-refractivity contribution in [2.75, 3.05) is 20.2 Å². The van der Waals surface area contributed by atoms with Crippen molar-refractivity contribution in [3.05, 3.63) is 23.8 Å². The van der Waals surface area contributed by atoms with Crippen LogP contribution in [0.15, 0.2) is 18.2 Å². The van der Waals surface area contributed by atoms with Crippen LogP contribution < -0.4 is 10.1 Å². The minimum absolute atomic E-state index is 0.233. The molecule has 2 atom stereocenters. The van der Waals surface area contributed by atoms with Gasteiger partial charge >= 0.3 is 0 Å². The average Bonchev–Trinajstić information content (AvgIpc) is 3.02. The molecule has 0 spiro atoms. The van der Waals surface area contributed by atoms with Crippen LogP contribution in [0, 0.1) is 5.92 Å². The number of ether oxygens (including phenoxy) is 1. The van der Waals surface area contributed by atoms with Gasteiger partial charge in [-0.3, -0.25) is 0 Å². The fraction of sp³-hybridized carbons (Fsp3) is 0.538. The largest absolute Gasteiger partial charge is 0.504 e. The van der Waals surface area contributed by atoms with Gasteiger partial charge in [0.25, 0.3) is 0 Å². The van der Waals surface area contributed by atoms with E-state index in [1.807, 2.05) is 26.1 Å². The van der Waals surface area contributed by atoms with E-state index in [2.05, 4.69) is 5.32 Å². The first-order valence-corrected chi connectivity index (χ1v) is 5.86. The van der Waals surface area contributed by atoms with Crippen molar-refractivity contribution in [1.29, 1.82) is 0 Å². The molecule has 1 fully saturated rings. The third kappa shape index (κ3) is 2.30. The molecule has 2 N–H and O–H groups in total. The Morgan fingerprint density at radius 2 is 2.31 bits per heavy atom. The predicted octanol–water partition coefficient (Wildman–Crippen LogP) is 2.11. The number of hydrogen-bond donors (Lipinski definition) is 2. The van der Waals surface area contributed by atoms with Crippen LogP contribution in [0.5, 0.6) is 11.5 Å². The van der Waals surface area contributed by atoms with Crippen molar-refractivity contribution in [2.45, 2.75) is 19.3 Å². The molecule has 0 aliphatic heterocycles. The third-order valence-electron chi connectivity index (χ3n) is 3.10. The summed E-state index contributed by atoms with van der Waals surface area (Å²) in [6, 6.07) is 5.70. The Morgan fingerprint density at radius 3 is 3.00 bits per heavy atom. The van der Waals surface area contributed by atoms with Crippen LogP contribution in [-0.4, -0.2) is 25.3 Å². The highest BCUT2D eigenvalue weighted by molar-refractivity contribution is 5.44. The Labute approximate surface area is 96.4 Å². The summed E-state index contributed by atoms with van der Waals surface area (Å²) in [6.07, 6.45) is 1.23. The lowest BCUT2D eigenvalue weighted by Crippen LogP contribution is -2.10. The van der Waals surface area contributed by atoms with E-state index in [1.54, 1.807) is 6.07 Å². The van der Waals surface area contributed by atoms with Gasteiger partial charge in [-0.1, -0.05) is 6.07 Å². The normalized spacial score (nSPS) is 23.1. The van der Waals surface area contributed by atoms with E-state index in [1.165, 1.54) is 12.0 Å². The topological polar surface area (TPSA) is 41.5 Å². The molecule has 0 aromatic heterocycles. The zero-order valence-corrected chi connectivity index (χ0v) is 9.86. The standard InChI is InChI=1S/C13H19NO2/c1-3-16-13-7-9(4-5-12(13)15)11-6-10(11)8-14-2/h4-5,7,10-11,14-15H,3,6,8H2,1-2H3. The maximum absolute atomic E-state index is 9.60. The van der Waals surface area contributed by atoms with Gasteiger partial charge in [-0.25, -0.2) is 0 Å². The SMILES string of the molecule is CCOc1cc(C2CC2CNC)ccc1O. The summed E-state index contributed by atoms with van der Waals surface area (Å²) >= 11 is 0. The van der Waals surface area contributed by atoms with Crippen molar-refractivity contribution in [3.8, 4) is 11.5 Å². The second-order valence-electron chi connectivity index (χ2n) is 4.32. The molecule has 2 rings (SSSR count). The zero-order chi connectivity index (χ0) is 11.5. The third-order valence-corrected chi connectivity index (χ3v) is 3.10. The molecule has 1 aromatic carbocycles. The lowest BCUT2D eigenvalue weighted by molar-refractivity contribution is 0.317. The van der Waals surface area contributed by atoms with Crippen LogP contribution in [0.25, 0.3) is 0 Å². The van der Waals surface area contributed by atoms with Crippen LogP contribution >= 0.6 is 0 Å². The first kappa shape index (κ1) is 11.3. The summed E-state index contributed by atoms with van der Waals surface area (Å²) in [5.74, 6) is 2.21. The van der Waals surface area contributed by atoms with Crippen molar-refractivity contribution in [3.63, 3.8) is 0 Å². The fourth-order valence-corrected chi connectivity index (χ4v) is 2.18. The van der Waals surface area contributed by atoms with Gasteiger partial charge in [0.2, 0.25) is 0 Å². The molecule has 16 heavy (non-hydrogen) atoms. The van der Waals surface area contributed by atoms with Gasteiger partial charge in [0.05, 0.1) is 6.61 Å². The maximum Gasteiger partial charge on any atom is 0.161 e. The van der Waals surface area contributed by atoms with Crippen LogP contribution in [0.3, 0.4) is 0 Å². The molecule has 3 heteroatoms. The highest BCUT2D eigenvalue weighted by Gasteiger charge is 2.37. The van der Waals surface area contributed by atoms with E-state index < -0.39 is 0 Å². The summed E-state index contributed by atoms with van der Waals surface area (Å²) < 4.78 is 5.38. The van der Waals surface area contributed by atoms with E-state index in [4.69, 9.17) is 4.74 Å². The first-order chi connectivity index (χ1) is 7.76. The molecule has 88 valence electrons. The molecule has 0 radical (unpaired) electrons. The van der Waals surface area contributed by atoms with Gasteiger partial charge in [-0.05, 0) is 56.5 Å². The van der Waals surface area contributed by atoms with E-state index in [9.17, 15) is 5.11 Å². The average molecular weight is 221 g/mol. The van der Waals surface area contributed by atoms with E-state index in [-0.39, 0.29) is 5.75 Å². The molecule has 0 heterocycles. The maximum atomic E-state index is 9.60. The van der Waals surface area contributed by atoms with E-state index in [0.29, 0.717) is 18.3 Å². The van der Waals surface area contributed by atoms with Gasteiger partial charge in [0.15, 0.2) is 11.5 Å². The molecule has 0 amide bonds. The number of aromatic hydroxyl groups is 1. The summed E-state index contributed by atoms with van der Waals surface area (Å²) in [5.41, 5.74) is 1.28. The van der Waals surface area contributed by atoms with E-state index >= 15 is 0 Å². The second kappa shape index (κ2) is 4.74. The summed E-state index contributed by atoms with van der Waals surface area (Å²) in [7, 11) is 1.98. The molecule has 0 bridgehead atoms. The highest BCUT2D eigenvalue weighted by atomic mass is 16.5. The quantitative estimate of drug-likeness (QED) is 0.800. The van der Waals surface area contributed by atoms with Crippen molar-refractivity contribution in [2.24, 2.45) is 5.92 Å². The number of benzene rings is 1. The fourth-order valence-electron chi connectivity index (χ4n) is 2.18. The molecule has 0 saturated heterocycles. The minimum Gasteiger partial charge on any atom is -0.504 e. The Morgan fingerprint density at radius 1 is 1.50 bits per heavy atom. The summed E-state index contributed by atoms with van der Waals surface area (Å²) in [5, 5.41) is 12.8. The Balaban J connectivity index is 2.08. The molecule has 1 saturated carbocycles. The number of rotatable bonds is 5. The highest BCUT2D eigenvalue weighted by Crippen LogP contribution is 2.48. The van der Waals surface area contributed by atoms with Crippen LogP contribution in [0.4, 0.5) is 0 Å². The zero-order valence-electron chi connectivity index (χ0n) is 9.86. The van der Waals surface area contributed by atoms with Crippen LogP contribution in [-0.2, 0) is 0 Å². The van der Waals surface area contributed by atoms with Crippen LogP contribution in [0.1, 0.15) is 24.8 Å². The molecule has 1 aliphatic carbocycles. The van der Waals surface area contributed by atoms with Gasteiger partial charge in [-0.15, -0.1) is 0 Å². The lowest BCUT2D eigenvalue weighted by Gasteiger charge is -2.08. The first-order valence-electron chi connectivity index (χ1n) is 5.86. The molecule has 1 aromatic rings. The van der Waals surface area contributed by atoms with Gasteiger partial charge in [0.1, 0.15) is 0 Å². The summed E-state index contributed by atoms with van der Waals surface area (Å²) in [6.45, 7) is 3.57. The Kier molecular flexibility index (Phi) is 3.34. The van der Waals surface area contributed by atoms with Gasteiger partial charge in [0, 0.05) is 0 Å². The molecule has 1 aliphatic rings. The number of nitrogens with one attached hydrogen (secondary N) is 1. The Bertz CT molecular complexity index is 365. The van der Waals surface area contributed by atoms with Gasteiger partial charge < -0.3 is 15.2 Å². The minimum atomic E-state index is 0.233. The van der Waals surface area contributed by atoms with Gasteiger partial charge in [-0.2, -0.15) is 0 Å². The Hall–Kier alpha value is -1.22. The molecule has 3 nitrogen and oxygen atoms in total. The molecular weight excluding hydrogens is 202 g/mol. The van der Waals surface area contributed by atoms with Crippen molar-refractivity contribution in [1.82, 2.24) is 5.32 Å². The summed E-state index contributed by atoms with van der Waals surface area (Å²) in [4.78, 5) is 0. The molecule has 2 unspecified atom stereocenters. The smallest absolute Gasteiger partial charge is 0.161 e.